The smallest absolute Gasteiger partial charge is 0.325 e. The van der Waals surface area contributed by atoms with Gasteiger partial charge in [-0.2, -0.15) is 0 Å². The molecule has 0 aliphatic carbocycles. The summed E-state index contributed by atoms with van der Waals surface area (Å²) in [4.78, 5) is 23.9. The molecule has 0 aliphatic rings. The maximum atomic E-state index is 11.5. The highest BCUT2D eigenvalue weighted by molar-refractivity contribution is 5.85. The monoisotopic (exact) mass is 218 g/mol. The first-order chi connectivity index (χ1) is 7.02. The Balaban J connectivity index is 4.29. The van der Waals surface area contributed by atoms with Crippen molar-refractivity contribution in [2.45, 2.75) is 13.0 Å². The van der Waals surface area contributed by atoms with Crippen molar-refractivity contribution in [3.8, 4) is 0 Å². The lowest BCUT2D eigenvalue weighted by Gasteiger charge is -2.22. The third-order valence-corrected chi connectivity index (χ3v) is 1.81. The molecule has 0 saturated carbocycles. The van der Waals surface area contributed by atoms with E-state index < -0.39 is 12.0 Å². The summed E-state index contributed by atoms with van der Waals surface area (Å²) in [7, 11) is 2.79. The maximum Gasteiger partial charge on any atom is 0.325 e. The van der Waals surface area contributed by atoms with Gasteiger partial charge in [0.25, 0.3) is 0 Å². The molecule has 0 aromatic rings. The van der Waals surface area contributed by atoms with Crippen LogP contribution in [0.5, 0.6) is 0 Å². The summed E-state index contributed by atoms with van der Waals surface area (Å²) < 4.78 is 9.31. The predicted molar refractivity (Wildman–Crippen MR) is 54.1 cm³/mol. The second-order valence-electron chi connectivity index (χ2n) is 3.12. The quantitative estimate of drug-likeness (QED) is 0.577. The Kier molecular flexibility index (Phi) is 6.64. The van der Waals surface area contributed by atoms with E-state index >= 15 is 0 Å². The Hall–Kier alpha value is -1.14. The zero-order valence-corrected chi connectivity index (χ0v) is 9.36. The number of ether oxygens (including phenoxy) is 2. The number of nitrogens with two attached hydrogens (primary N) is 1. The van der Waals surface area contributed by atoms with Crippen molar-refractivity contribution in [1.82, 2.24) is 4.90 Å². The van der Waals surface area contributed by atoms with E-state index in [2.05, 4.69) is 4.74 Å². The number of nitrogens with zero attached hydrogens (tertiary/aromatic N) is 1. The standard InChI is InChI=1S/C9H18N2O4/c1-7(10)9(13)11(4-5-14-2)6-8(12)15-3/h7H,4-6,10H2,1-3H3. The minimum absolute atomic E-state index is 0.0970. The lowest BCUT2D eigenvalue weighted by atomic mass is 10.3. The van der Waals surface area contributed by atoms with Gasteiger partial charge in [0.05, 0.1) is 19.8 Å². The van der Waals surface area contributed by atoms with Gasteiger partial charge in [-0.3, -0.25) is 9.59 Å². The Bertz CT molecular complexity index is 218. The highest BCUT2D eigenvalue weighted by atomic mass is 16.5. The summed E-state index contributed by atoms with van der Waals surface area (Å²) in [5.41, 5.74) is 5.44. The van der Waals surface area contributed by atoms with Crippen LogP contribution in [0.1, 0.15) is 6.92 Å². The van der Waals surface area contributed by atoms with Crippen molar-refractivity contribution in [2.75, 3.05) is 33.9 Å². The molecule has 0 saturated heterocycles. The number of carbonyl (C=O) groups is 2. The zero-order valence-electron chi connectivity index (χ0n) is 9.36. The summed E-state index contributed by atoms with van der Waals surface area (Å²) in [6.07, 6.45) is 0. The van der Waals surface area contributed by atoms with Gasteiger partial charge in [-0.1, -0.05) is 0 Å². The number of hydrogen-bond donors (Lipinski definition) is 1. The molecule has 1 amide bonds. The first kappa shape index (κ1) is 13.9. The van der Waals surface area contributed by atoms with Gasteiger partial charge >= 0.3 is 5.97 Å². The number of amides is 1. The fourth-order valence-electron chi connectivity index (χ4n) is 0.977. The molecule has 0 bridgehead atoms. The molecule has 6 heteroatoms. The van der Waals surface area contributed by atoms with E-state index in [1.807, 2.05) is 0 Å². The van der Waals surface area contributed by atoms with E-state index in [0.717, 1.165) is 0 Å². The van der Waals surface area contributed by atoms with E-state index in [1.165, 1.54) is 19.1 Å². The summed E-state index contributed by atoms with van der Waals surface area (Å²) in [5, 5.41) is 0. The fraction of sp³-hybridized carbons (Fsp3) is 0.778. The molecule has 1 unspecified atom stereocenters. The van der Waals surface area contributed by atoms with Crippen LogP contribution in [0.2, 0.25) is 0 Å². The SMILES string of the molecule is COCCN(CC(=O)OC)C(=O)C(C)N. The lowest BCUT2D eigenvalue weighted by Crippen LogP contribution is -2.46. The molecular weight excluding hydrogens is 200 g/mol. The molecule has 15 heavy (non-hydrogen) atoms. The van der Waals surface area contributed by atoms with Crippen LogP contribution in [0, 0.1) is 0 Å². The summed E-state index contributed by atoms with van der Waals surface area (Å²) in [6.45, 7) is 2.15. The first-order valence-corrected chi connectivity index (χ1v) is 4.63. The Labute approximate surface area is 89.3 Å². The van der Waals surface area contributed by atoms with Crippen LogP contribution in [-0.2, 0) is 19.1 Å². The summed E-state index contributed by atoms with van der Waals surface area (Å²) in [6, 6.07) is -0.633. The van der Waals surface area contributed by atoms with Crippen molar-refractivity contribution in [1.29, 1.82) is 0 Å². The Morgan fingerprint density at radius 2 is 2.00 bits per heavy atom. The van der Waals surface area contributed by atoms with Crippen LogP contribution in [0.3, 0.4) is 0 Å². The van der Waals surface area contributed by atoms with Gasteiger partial charge in [0.1, 0.15) is 6.54 Å². The molecule has 6 nitrogen and oxygen atoms in total. The molecule has 2 N–H and O–H groups in total. The van der Waals surface area contributed by atoms with E-state index in [0.29, 0.717) is 13.2 Å². The normalized spacial score (nSPS) is 12.0. The number of carbonyl (C=O) groups excluding carboxylic acids is 2. The molecule has 0 spiro atoms. The molecule has 0 rings (SSSR count). The van der Waals surface area contributed by atoms with Crippen molar-refractivity contribution >= 4 is 11.9 Å². The third-order valence-electron chi connectivity index (χ3n) is 1.81. The van der Waals surface area contributed by atoms with Gasteiger partial charge in [-0.05, 0) is 6.92 Å². The average molecular weight is 218 g/mol. The van der Waals surface area contributed by atoms with Crippen molar-refractivity contribution in [3.63, 3.8) is 0 Å². The minimum Gasteiger partial charge on any atom is -0.468 e. The van der Waals surface area contributed by atoms with Crippen molar-refractivity contribution in [3.05, 3.63) is 0 Å². The Morgan fingerprint density at radius 3 is 2.40 bits per heavy atom. The van der Waals surface area contributed by atoms with Crippen LogP contribution >= 0.6 is 0 Å². The van der Waals surface area contributed by atoms with E-state index in [4.69, 9.17) is 10.5 Å². The highest BCUT2D eigenvalue weighted by Gasteiger charge is 2.19. The molecule has 0 radical (unpaired) electrons. The molecule has 0 heterocycles. The number of hydrogen-bond acceptors (Lipinski definition) is 5. The molecule has 0 fully saturated rings. The van der Waals surface area contributed by atoms with Gasteiger partial charge in [0.2, 0.25) is 5.91 Å². The first-order valence-electron chi connectivity index (χ1n) is 4.63. The van der Waals surface area contributed by atoms with Gasteiger partial charge in [0, 0.05) is 13.7 Å². The van der Waals surface area contributed by atoms with Gasteiger partial charge < -0.3 is 20.1 Å². The average Bonchev–Trinajstić information content (AvgIpc) is 2.22. The largest absolute Gasteiger partial charge is 0.468 e. The topological polar surface area (TPSA) is 81.9 Å². The van der Waals surface area contributed by atoms with Crippen molar-refractivity contribution in [2.24, 2.45) is 5.73 Å². The third kappa shape index (κ3) is 5.34. The van der Waals surface area contributed by atoms with Gasteiger partial charge in [-0.25, -0.2) is 0 Å². The van der Waals surface area contributed by atoms with Crippen molar-refractivity contribution < 1.29 is 19.1 Å². The zero-order chi connectivity index (χ0) is 11.8. The lowest BCUT2D eigenvalue weighted by molar-refractivity contribution is -0.147. The van der Waals surface area contributed by atoms with Gasteiger partial charge in [0.15, 0.2) is 0 Å². The molecular formula is C9H18N2O4. The highest BCUT2D eigenvalue weighted by Crippen LogP contribution is 1.94. The van der Waals surface area contributed by atoms with Gasteiger partial charge in [-0.15, -0.1) is 0 Å². The minimum atomic E-state index is -0.633. The molecule has 88 valence electrons. The second kappa shape index (κ2) is 7.19. The molecule has 0 aromatic heterocycles. The van der Waals surface area contributed by atoms with Crippen LogP contribution in [-0.4, -0.2) is 56.7 Å². The van der Waals surface area contributed by atoms with Crippen LogP contribution in [0.4, 0.5) is 0 Å². The predicted octanol–water partition coefficient (Wildman–Crippen LogP) is -1.02. The summed E-state index contributed by atoms with van der Waals surface area (Å²) >= 11 is 0. The fourth-order valence-corrected chi connectivity index (χ4v) is 0.977. The van der Waals surface area contributed by atoms with E-state index in [9.17, 15) is 9.59 Å². The number of esters is 1. The number of rotatable bonds is 6. The van der Waals surface area contributed by atoms with Crippen LogP contribution in [0.15, 0.2) is 0 Å². The molecule has 0 aliphatic heterocycles. The van der Waals surface area contributed by atoms with Crippen LogP contribution in [0.25, 0.3) is 0 Å². The van der Waals surface area contributed by atoms with E-state index in [1.54, 1.807) is 6.92 Å². The number of methoxy groups -OCH3 is 2. The maximum absolute atomic E-state index is 11.5. The second-order valence-corrected chi connectivity index (χ2v) is 3.12. The summed E-state index contributed by atoms with van der Waals surface area (Å²) in [5.74, 6) is -0.766. The van der Waals surface area contributed by atoms with E-state index in [-0.39, 0.29) is 12.5 Å². The molecule has 0 aromatic carbocycles. The van der Waals surface area contributed by atoms with Crippen LogP contribution < -0.4 is 5.73 Å². The molecule has 1 atom stereocenters. The Morgan fingerprint density at radius 1 is 1.40 bits per heavy atom.